The predicted octanol–water partition coefficient (Wildman–Crippen LogP) is 3.51. The smallest absolute Gasteiger partial charge is 0.306 e. The molecule has 144 valence electrons. The lowest BCUT2D eigenvalue weighted by Gasteiger charge is -2.17. The first kappa shape index (κ1) is 19.5. The zero-order chi connectivity index (χ0) is 19.9. The molecule has 1 aromatic heterocycles. The van der Waals surface area contributed by atoms with E-state index in [9.17, 15) is 14.0 Å². The van der Waals surface area contributed by atoms with Gasteiger partial charge in [0.2, 0.25) is 0 Å². The molecule has 0 bridgehead atoms. The van der Waals surface area contributed by atoms with E-state index in [1.165, 1.54) is 17.0 Å². The average Bonchev–Trinajstić information content (AvgIpc) is 2.70. The number of esters is 1. The number of ether oxygens (including phenoxy) is 1. The van der Waals surface area contributed by atoms with Gasteiger partial charge in [-0.25, -0.2) is 4.39 Å². The Morgan fingerprint density at radius 1 is 1.07 bits per heavy atom. The summed E-state index contributed by atoms with van der Waals surface area (Å²) in [6.07, 6.45) is 0.587. The van der Waals surface area contributed by atoms with Gasteiger partial charge in [0.05, 0.1) is 11.9 Å². The molecule has 3 aromatic rings. The molecular formula is C22H21FN2O3. The topological polar surface area (TPSA) is 59.5 Å². The lowest BCUT2D eigenvalue weighted by molar-refractivity contribution is -0.151. The number of benzene rings is 2. The predicted molar refractivity (Wildman–Crippen MR) is 104 cm³/mol. The van der Waals surface area contributed by atoms with Gasteiger partial charge in [0, 0.05) is 31.1 Å². The molecule has 0 spiro atoms. The van der Waals surface area contributed by atoms with Crippen molar-refractivity contribution in [2.45, 2.75) is 19.4 Å². The largest absolute Gasteiger partial charge is 0.456 e. The third-order valence-corrected chi connectivity index (χ3v) is 4.33. The van der Waals surface area contributed by atoms with Crippen molar-refractivity contribution in [3.63, 3.8) is 0 Å². The maximum Gasteiger partial charge on any atom is 0.306 e. The van der Waals surface area contributed by atoms with E-state index in [0.29, 0.717) is 12.0 Å². The quantitative estimate of drug-likeness (QED) is 0.589. The van der Waals surface area contributed by atoms with E-state index in [0.717, 1.165) is 16.6 Å². The van der Waals surface area contributed by atoms with E-state index < -0.39 is 5.97 Å². The van der Waals surface area contributed by atoms with Crippen LogP contribution < -0.4 is 0 Å². The van der Waals surface area contributed by atoms with E-state index in [4.69, 9.17) is 4.74 Å². The number of carbonyl (C=O) groups is 2. The molecule has 0 radical (unpaired) electrons. The number of aryl methyl sites for hydroxylation is 1. The van der Waals surface area contributed by atoms with E-state index in [1.54, 1.807) is 19.2 Å². The number of amides is 1. The summed E-state index contributed by atoms with van der Waals surface area (Å²) in [4.78, 5) is 29.9. The molecule has 1 amide bonds. The Bertz CT molecular complexity index is 990. The number of para-hydroxylation sites is 1. The van der Waals surface area contributed by atoms with Crippen LogP contribution in [0.2, 0.25) is 0 Å². The molecule has 28 heavy (non-hydrogen) atoms. The Hall–Kier alpha value is -3.28. The van der Waals surface area contributed by atoms with Gasteiger partial charge < -0.3 is 9.64 Å². The van der Waals surface area contributed by atoms with Gasteiger partial charge >= 0.3 is 5.97 Å². The van der Waals surface area contributed by atoms with Crippen LogP contribution in [-0.2, 0) is 27.3 Å². The van der Waals surface area contributed by atoms with Gasteiger partial charge in [0.15, 0.2) is 6.61 Å². The standard InChI is InChI=1S/C22H21FN2O3/c1-25(14-16-5-4-7-18(23)13-16)21(26)15-28-22(27)12-11-19-10-9-17-6-2-3-8-20(17)24-19/h2-10,13H,11-12,14-15H2,1H3. The van der Waals surface area contributed by atoms with Crippen LogP contribution in [0, 0.1) is 5.82 Å². The first-order chi connectivity index (χ1) is 13.5. The molecule has 3 rings (SSSR count). The number of aromatic nitrogens is 1. The van der Waals surface area contributed by atoms with Gasteiger partial charge in [-0.1, -0.05) is 36.4 Å². The summed E-state index contributed by atoms with van der Waals surface area (Å²) in [5, 5.41) is 1.04. The highest BCUT2D eigenvalue weighted by atomic mass is 19.1. The van der Waals surface area contributed by atoms with Gasteiger partial charge in [0.25, 0.3) is 5.91 Å². The van der Waals surface area contributed by atoms with Crippen molar-refractivity contribution in [3.05, 3.63) is 77.7 Å². The van der Waals surface area contributed by atoms with Crippen molar-refractivity contribution < 1.29 is 18.7 Å². The number of rotatable bonds is 7. The van der Waals surface area contributed by atoms with Gasteiger partial charge in [0.1, 0.15) is 5.82 Å². The molecule has 2 aromatic carbocycles. The van der Waals surface area contributed by atoms with Crippen LogP contribution in [0.15, 0.2) is 60.7 Å². The number of likely N-dealkylation sites (N-methyl/N-ethyl adjacent to an activating group) is 1. The number of pyridine rings is 1. The van der Waals surface area contributed by atoms with E-state index in [1.807, 2.05) is 36.4 Å². The lowest BCUT2D eigenvalue weighted by Crippen LogP contribution is -2.30. The lowest BCUT2D eigenvalue weighted by atomic mass is 10.1. The minimum atomic E-state index is -0.456. The monoisotopic (exact) mass is 380 g/mol. The first-order valence-electron chi connectivity index (χ1n) is 9.00. The molecule has 0 unspecified atom stereocenters. The fourth-order valence-electron chi connectivity index (χ4n) is 2.80. The van der Waals surface area contributed by atoms with Gasteiger partial charge in [-0.05, 0) is 29.8 Å². The van der Waals surface area contributed by atoms with Crippen molar-refractivity contribution >= 4 is 22.8 Å². The number of nitrogens with zero attached hydrogens (tertiary/aromatic N) is 2. The number of carbonyl (C=O) groups excluding carboxylic acids is 2. The fourth-order valence-corrected chi connectivity index (χ4v) is 2.80. The van der Waals surface area contributed by atoms with E-state index in [2.05, 4.69) is 4.98 Å². The zero-order valence-corrected chi connectivity index (χ0v) is 15.6. The summed E-state index contributed by atoms with van der Waals surface area (Å²) in [7, 11) is 1.58. The van der Waals surface area contributed by atoms with Crippen LogP contribution >= 0.6 is 0 Å². The highest BCUT2D eigenvalue weighted by Gasteiger charge is 2.13. The van der Waals surface area contributed by atoms with Crippen LogP contribution in [0.3, 0.4) is 0 Å². The molecule has 0 aliphatic rings. The van der Waals surface area contributed by atoms with Crippen molar-refractivity contribution in [3.8, 4) is 0 Å². The number of hydrogen-bond donors (Lipinski definition) is 0. The third kappa shape index (κ3) is 5.36. The third-order valence-electron chi connectivity index (χ3n) is 4.33. The van der Waals surface area contributed by atoms with Crippen LogP contribution in [0.4, 0.5) is 4.39 Å². The zero-order valence-electron chi connectivity index (χ0n) is 15.6. The van der Waals surface area contributed by atoms with Crippen LogP contribution in [0.25, 0.3) is 10.9 Å². The molecule has 0 fully saturated rings. The highest BCUT2D eigenvalue weighted by Crippen LogP contribution is 2.13. The molecular weight excluding hydrogens is 359 g/mol. The van der Waals surface area contributed by atoms with Crippen molar-refractivity contribution in [2.24, 2.45) is 0 Å². The van der Waals surface area contributed by atoms with Crippen molar-refractivity contribution in [1.82, 2.24) is 9.88 Å². The maximum atomic E-state index is 13.2. The molecule has 6 heteroatoms. The molecule has 0 N–H and O–H groups in total. The fraction of sp³-hybridized carbons (Fsp3) is 0.227. The summed E-state index contributed by atoms with van der Waals surface area (Å²) in [6.45, 7) is -0.0923. The Kier molecular flexibility index (Phi) is 6.32. The summed E-state index contributed by atoms with van der Waals surface area (Å²) >= 11 is 0. The van der Waals surface area contributed by atoms with Gasteiger partial charge in [-0.3, -0.25) is 14.6 Å². The Labute approximate surface area is 162 Å². The van der Waals surface area contributed by atoms with Crippen LogP contribution in [0.1, 0.15) is 17.7 Å². The SMILES string of the molecule is CN(Cc1cccc(F)c1)C(=O)COC(=O)CCc1ccc2ccccc2n1. The maximum absolute atomic E-state index is 13.2. The minimum absolute atomic E-state index is 0.145. The van der Waals surface area contributed by atoms with Gasteiger partial charge in [-0.15, -0.1) is 0 Å². The van der Waals surface area contributed by atoms with Crippen LogP contribution in [0.5, 0.6) is 0 Å². The highest BCUT2D eigenvalue weighted by molar-refractivity contribution is 5.81. The number of fused-ring (bicyclic) bond motifs is 1. The van der Waals surface area contributed by atoms with Crippen molar-refractivity contribution in [2.75, 3.05) is 13.7 Å². The molecule has 0 aliphatic heterocycles. The average molecular weight is 380 g/mol. The molecule has 0 atom stereocenters. The second-order valence-electron chi connectivity index (χ2n) is 6.54. The molecule has 5 nitrogen and oxygen atoms in total. The normalized spacial score (nSPS) is 10.6. The first-order valence-corrected chi connectivity index (χ1v) is 9.00. The van der Waals surface area contributed by atoms with Crippen LogP contribution in [-0.4, -0.2) is 35.4 Å². The second-order valence-corrected chi connectivity index (χ2v) is 6.54. The minimum Gasteiger partial charge on any atom is -0.456 e. The summed E-state index contributed by atoms with van der Waals surface area (Å²) in [6, 6.07) is 17.6. The number of hydrogen-bond acceptors (Lipinski definition) is 4. The molecule has 0 saturated heterocycles. The number of halogens is 1. The van der Waals surface area contributed by atoms with Crippen molar-refractivity contribution in [1.29, 1.82) is 0 Å². The Balaban J connectivity index is 1.44. The Morgan fingerprint density at radius 2 is 1.89 bits per heavy atom. The molecule has 0 aliphatic carbocycles. The summed E-state index contributed by atoms with van der Waals surface area (Å²) in [5.74, 6) is -1.16. The molecule has 0 saturated carbocycles. The second kappa shape index (κ2) is 9.08. The van der Waals surface area contributed by atoms with E-state index >= 15 is 0 Å². The summed E-state index contributed by atoms with van der Waals surface area (Å²) in [5.41, 5.74) is 2.34. The summed E-state index contributed by atoms with van der Waals surface area (Å²) < 4.78 is 18.3. The molecule has 1 heterocycles. The van der Waals surface area contributed by atoms with E-state index in [-0.39, 0.29) is 31.3 Å². The van der Waals surface area contributed by atoms with Gasteiger partial charge in [-0.2, -0.15) is 0 Å². The Morgan fingerprint density at radius 3 is 2.71 bits per heavy atom.